The van der Waals surface area contributed by atoms with Crippen molar-refractivity contribution in [1.29, 1.82) is 0 Å². The molecule has 4 nitrogen and oxygen atoms in total. The van der Waals surface area contributed by atoms with E-state index in [1.165, 1.54) is 16.9 Å². The Labute approximate surface area is 151 Å². The lowest BCUT2D eigenvalue weighted by Crippen LogP contribution is -2.30. The van der Waals surface area contributed by atoms with Crippen LogP contribution in [-0.4, -0.2) is 26.4 Å². The average molecular weight is 383 g/mol. The lowest BCUT2D eigenvalue weighted by Gasteiger charge is -2.27. The summed E-state index contributed by atoms with van der Waals surface area (Å²) in [5, 5.41) is 2.55. The molecule has 0 atom stereocenters. The molecule has 8 heteroatoms. The van der Waals surface area contributed by atoms with E-state index in [1.54, 1.807) is 11.3 Å². The molecule has 0 radical (unpaired) electrons. The monoisotopic (exact) mass is 382 g/mol. The smallest absolute Gasteiger partial charge is 0.185 e. The fourth-order valence-electron chi connectivity index (χ4n) is 2.64. The highest BCUT2D eigenvalue weighted by atomic mass is 35.5. The van der Waals surface area contributed by atoms with Crippen LogP contribution < -0.4 is 0 Å². The minimum atomic E-state index is 0.492. The van der Waals surface area contributed by atoms with Crippen LogP contribution in [0.5, 0.6) is 0 Å². The van der Waals surface area contributed by atoms with Gasteiger partial charge in [0.25, 0.3) is 0 Å². The second-order valence-corrected chi connectivity index (χ2v) is 8.26. The van der Waals surface area contributed by atoms with Crippen LogP contribution in [0.2, 0.25) is 9.62 Å². The van der Waals surface area contributed by atoms with E-state index in [-0.39, 0.29) is 0 Å². The topological polar surface area (TPSA) is 41.9 Å². The molecule has 0 aliphatic carbocycles. The SMILES string of the molecule is Clc1nc(Cl)c(CN2CCc3nc(-c4cccs4)ncc3C2)s1. The van der Waals surface area contributed by atoms with E-state index in [0.717, 1.165) is 47.3 Å². The van der Waals surface area contributed by atoms with Crippen molar-refractivity contribution >= 4 is 45.9 Å². The van der Waals surface area contributed by atoms with Crippen LogP contribution in [0.4, 0.5) is 0 Å². The van der Waals surface area contributed by atoms with Gasteiger partial charge in [0, 0.05) is 37.8 Å². The van der Waals surface area contributed by atoms with E-state index < -0.39 is 0 Å². The van der Waals surface area contributed by atoms with Crippen LogP contribution in [0.1, 0.15) is 16.1 Å². The van der Waals surface area contributed by atoms with E-state index in [2.05, 4.69) is 20.9 Å². The van der Waals surface area contributed by atoms with Gasteiger partial charge in [-0.2, -0.15) is 0 Å². The number of aromatic nitrogens is 3. The van der Waals surface area contributed by atoms with Gasteiger partial charge in [0.15, 0.2) is 10.3 Å². The van der Waals surface area contributed by atoms with Gasteiger partial charge in [-0.25, -0.2) is 15.0 Å². The van der Waals surface area contributed by atoms with Crippen LogP contribution in [0, 0.1) is 0 Å². The van der Waals surface area contributed by atoms with E-state index in [0.29, 0.717) is 9.62 Å². The number of thiazole rings is 1. The number of rotatable bonds is 3. The molecule has 0 unspecified atom stereocenters. The highest BCUT2D eigenvalue weighted by molar-refractivity contribution is 7.16. The first-order chi connectivity index (χ1) is 11.2. The molecule has 3 aromatic heterocycles. The molecule has 0 fully saturated rings. The van der Waals surface area contributed by atoms with Gasteiger partial charge in [-0.05, 0) is 11.4 Å². The fraction of sp³-hybridized carbons (Fsp3) is 0.267. The molecule has 0 spiro atoms. The molecule has 4 heterocycles. The summed E-state index contributed by atoms with van der Waals surface area (Å²) in [4.78, 5) is 17.8. The third-order valence-corrected chi connectivity index (χ3v) is 6.18. The van der Waals surface area contributed by atoms with Crippen LogP contribution in [-0.2, 0) is 19.5 Å². The molecule has 4 rings (SSSR count). The molecule has 1 aliphatic rings. The lowest BCUT2D eigenvalue weighted by atomic mass is 10.1. The summed E-state index contributed by atoms with van der Waals surface area (Å²) in [6.45, 7) is 2.53. The molecule has 0 N–H and O–H groups in total. The number of fused-ring (bicyclic) bond motifs is 1. The zero-order valence-electron chi connectivity index (χ0n) is 12.0. The minimum absolute atomic E-state index is 0.492. The van der Waals surface area contributed by atoms with Gasteiger partial charge in [0.05, 0.1) is 15.4 Å². The summed E-state index contributed by atoms with van der Waals surface area (Å²) >= 11 is 15.1. The molecule has 3 aromatic rings. The van der Waals surface area contributed by atoms with Crippen molar-refractivity contribution in [1.82, 2.24) is 19.9 Å². The van der Waals surface area contributed by atoms with Crippen LogP contribution in [0.15, 0.2) is 23.7 Å². The maximum Gasteiger partial charge on any atom is 0.185 e. The van der Waals surface area contributed by atoms with E-state index >= 15 is 0 Å². The van der Waals surface area contributed by atoms with Gasteiger partial charge < -0.3 is 0 Å². The Hall–Kier alpha value is -1.05. The Morgan fingerprint density at radius 2 is 2.17 bits per heavy atom. The zero-order chi connectivity index (χ0) is 15.8. The van der Waals surface area contributed by atoms with E-state index in [4.69, 9.17) is 28.2 Å². The molecule has 23 heavy (non-hydrogen) atoms. The largest absolute Gasteiger partial charge is 0.293 e. The van der Waals surface area contributed by atoms with Crippen LogP contribution in [0.25, 0.3) is 10.7 Å². The highest BCUT2D eigenvalue weighted by Gasteiger charge is 2.21. The summed E-state index contributed by atoms with van der Waals surface area (Å²) in [5.41, 5.74) is 2.33. The number of nitrogens with zero attached hydrogens (tertiary/aromatic N) is 4. The Kier molecular flexibility index (Phi) is 4.34. The number of hydrogen-bond acceptors (Lipinski definition) is 6. The highest BCUT2D eigenvalue weighted by Crippen LogP contribution is 2.30. The molecule has 0 bridgehead atoms. The lowest BCUT2D eigenvalue weighted by molar-refractivity contribution is 0.245. The summed E-state index contributed by atoms with van der Waals surface area (Å²) in [7, 11) is 0. The first-order valence-corrected chi connectivity index (χ1v) is 9.56. The predicted molar refractivity (Wildman–Crippen MR) is 95.3 cm³/mol. The molecule has 0 aromatic carbocycles. The second-order valence-electron chi connectivity index (χ2n) is 5.28. The Bertz CT molecular complexity index is 832. The quantitative estimate of drug-likeness (QED) is 0.667. The molecule has 0 saturated heterocycles. The molecule has 118 valence electrons. The van der Waals surface area contributed by atoms with Crippen molar-refractivity contribution in [3.8, 4) is 10.7 Å². The van der Waals surface area contributed by atoms with Gasteiger partial charge in [-0.1, -0.05) is 29.3 Å². The molecule has 0 saturated carbocycles. The summed E-state index contributed by atoms with van der Waals surface area (Å²) < 4.78 is 0.492. The number of halogens is 2. The number of hydrogen-bond donors (Lipinski definition) is 0. The van der Waals surface area contributed by atoms with Gasteiger partial charge in [-0.15, -0.1) is 22.7 Å². The first kappa shape index (κ1) is 15.5. The molecule has 0 amide bonds. The summed E-state index contributed by atoms with van der Waals surface area (Å²) in [6.07, 6.45) is 2.87. The zero-order valence-corrected chi connectivity index (χ0v) is 15.1. The van der Waals surface area contributed by atoms with E-state index in [1.807, 2.05) is 17.6 Å². The van der Waals surface area contributed by atoms with Crippen LogP contribution in [0.3, 0.4) is 0 Å². The van der Waals surface area contributed by atoms with Crippen molar-refractivity contribution in [2.45, 2.75) is 19.5 Å². The van der Waals surface area contributed by atoms with Crippen molar-refractivity contribution in [3.05, 3.63) is 49.5 Å². The van der Waals surface area contributed by atoms with Crippen molar-refractivity contribution in [2.24, 2.45) is 0 Å². The molecular formula is C15H12Cl2N4S2. The van der Waals surface area contributed by atoms with Crippen LogP contribution >= 0.6 is 45.9 Å². The maximum absolute atomic E-state index is 6.11. The molecular weight excluding hydrogens is 371 g/mol. The van der Waals surface area contributed by atoms with Crippen molar-refractivity contribution in [3.63, 3.8) is 0 Å². The fourth-order valence-corrected chi connectivity index (χ4v) is 4.74. The Balaban J connectivity index is 1.52. The third kappa shape index (κ3) is 3.27. The van der Waals surface area contributed by atoms with Gasteiger partial charge in [-0.3, -0.25) is 4.90 Å². The molecule has 1 aliphatic heterocycles. The predicted octanol–water partition coefficient (Wildman–Crippen LogP) is 4.53. The van der Waals surface area contributed by atoms with Crippen molar-refractivity contribution < 1.29 is 0 Å². The third-order valence-electron chi connectivity index (χ3n) is 3.75. The van der Waals surface area contributed by atoms with Gasteiger partial charge >= 0.3 is 0 Å². The average Bonchev–Trinajstić information content (AvgIpc) is 3.17. The Morgan fingerprint density at radius 1 is 1.26 bits per heavy atom. The summed E-state index contributed by atoms with van der Waals surface area (Å²) in [5.74, 6) is 0.824. The standard InChI is InChI=1S/C15H12Cl2N4S2/c16-13-12(23-15(17)20-13)8-21-4-3-10-9(7-21)6-18-14(19-10)11-2-1-5-22-11/h1-2,5-6H,3-4,7-8H2. The van der Waals surface area contributed by atoms with Gasteiger partial charge in [0.1, 0.15) is 5.15 Å². The van der Waals surface area contributed by atoms with Gasteiger partial charge in [0.2, 0.25) is 0 Å². The maximum atomic E-state index is 6.11. The summed E-state index contributed by atoms with van der Waals surface area (Å²) in [6, 6.07) is 4.07. The Morgan fingerprint density at radius 3 is 2.91 bits per heavy atom. The minimum Gasteiger partial charge on any atom is -0.293 e. The van der Waals surface area contributed by atoms with E-state index in [9.17, 15) is 0 Å². The normalized spacial score (nSPS) is 14.9. The first-order valence-electron chi connectivity index (χ1n) is 7.11. The second kappa shape index (κ2) is 6.45. The van der Waals surface area contributed by atoms with Crippen molar-refractivity contribution in [2.75, 3.05) is 6.54 Å². The number of thiophene rings is 1.